The van der Waals surface area contributed by atoms with E-state index in [0.29, 0.717) is 23.4 Å². The highest BCUT2D eigenvalue weighted by atomic mass is 35.5. The highest BCUT2D eigenvalue weighted by Gasteiger charge is 2.24. The Morgan fingerprint density at radius 3 is 1.87 bits per heavy atom. The summed E-state index contributed by atoms with van der Waals surface area (Å²) in [6.45, 7) is -0.205. The number of benzene rings is 3. The van der Waals surface area contributed by atoms with Crippen molar-refractivity contribution in [2.75, 3.05) is 6.61 Å². The minimum Gasteiger partial charge on any atom is -0.394 e. The first-order chi connectivity index (χ1) is 15.0. The van der Waals surface area contributed by atoms with Gasteiger partial charge in [0, 0.05) is 17.0 Å². The van der Waals surface area contributed by atoms with Crippen LogP contribution in [0.3, 0.4) is 0 Å². The molecule has 0 radical (unpaired) electrons. The number of hydrogen-bond donors (Lipinski definition) is 3. The van der Waals surface area contributed by atoms with Gasteiger partial charge >= 0.3 is 0 Å². The first-order valence-corrected chi connectivity index (χ1v) is 10.5. The first kappa shape index (κ1) is 22.5. The molecule has 5 nitrogen and oxygen atoms in total. The molecule has 2 atom stereocenters. The molecular formula is C25H25ClN2O3. The lowest BCUT2D eigenvalue weighted by atomic mass is 10.0. The summed E-state index contributed by atoms with van der Waals surface area (Å²) < 4.78 is 0. The van der Waals surface area contributed by atoms with Gasteiger partial charge in [-0.15, -0.1) is 0 Å². The minimum atomic E-state index is -0.796. The molecular weight excluding hydrogens is 412 g/mol. The van der Waals surface area contributed by atoms with Crippen molar-refractivity contribution in [1.82, 2.24) is 10.6 Å². The average molecular weight is 437 g/mol. The number of carbonyl (C=O) groups is 2. The number of aliphatic hydroxyl groups excluding tert-OH is 1. The van der Waals surface area contributed by atoms with Crippen LogP contribution in [0.15, 0.2) is 84.9 Å². The Morgan fingerprint density at radius 1 is 0.774 bits per heavy atom. The van der Waals surface area contributed by atoms with Crippen LogP contribution in [0.4, 0.5) is 0 Å². The van der Waals surface area contributed by atoms with E-state index >= 15 is 0 Å². The summed E-state index contributed by atoms with van der Waals surface area (Å²) in [6, 6.07) is 24.3. The monoisotopic (exact) mass is 436 g/mol. The van der Waals surface area contributed by atoms with Crippen LogP contribution in [0.25, 0.3) is 0 Å². The van der Waals surface area contributed by atoms with Crippen molar-refractivity contribution in [3.63, 3.8) is 0 Å². The summed E-state index contributed by atoms with van der Waals surface area (Å²) >= 11 is 5.90. The zero-order valence-electron chi connectivity index (χ0n) is 17.0. The molecule has 0 bridgehead atoms. The second-order valence-electron chi connectivity index (χ2n) is 7.30. The second kappa shape index (κ2) is 11.3. The molecule has 0 aliphatic heterocycles. The Balaban J connectivity index is 1.73. The molecule has 0 aliphatic carbocycles. The van der Waals surface area contributed by atoms with Crippen LogP contribution in [0.5, 0.6) is 0 Å². The molecule has 0 heterocycles. The zero-order chi connectivity index (χ0) is 22.1. The van der Waals surface area contributed by atoms with Gasteiger partial charge in [0.05, 0.1) is 12.6 Å². The number of hydrogen-bond acceptors (Lipinski definition) is 3. The second-order valence-corrected chi connectivity index (χ2v) is 7.74. The Morgan fingerprint density at radius 2 is 1.32 bits per heavy atom. The van der Waals surface area contributed by atoms with E-state index in [-0.39, 0.29) is 18.4 Å². The molecule has 3 aromatic carbocycles. The number of halogens is 1. The Bertz CT molecular complexity index is 979. The maximum Gasteiger partial charge on any atom is 0.251 e. The lowest BCUT2D eigenvalue weighted by Gasteiger charge is -2.23. The van der Waals surface area contributed by atoms with Crippen molar-refractivity contribution < 1.29 is 14.7 Å². The van der Waals surface area contributed by atoms with Gasteiger partial charge in [-0.3, -0.25) is 9.59 Å². The summed E-state index contributed by atoms with van der Waals surface area (Å²) in [6.07, 6.45) is 0.821. The van der Waals surface area contributed by atoms with E-state index in [0.717, 1.165) is 11.1 Å². The van der Waals surface area contributed by atoms with Crippen molar-refractivity contribution in [2.24, 2.45) is 0 Å². The molecule has 3 N–H and O–H groups in total. The van der Waals surface area contributed by atoms with E-state index in [4.69, 9.17) is 11.6 Å². The fourth-order valence-electron chi connectivity index (χ4n) is 3.26. The van der Waals surface area contributed by atoms with Crippen LogP contribution in [0, 0.1) is 0 Å². The highest BCUT2D eigenvalue weighted by Crippen LogP contribution is 2.11. The van der Waals surface area contributed by atoms with Gasteiger partial charge in [-0.25, -0.2) is 0 Å². The molecule has 0 fully saturated rings. The molecule has 31 heavy (non-hydrogen) atoms. The number of amides is 2. The molecule has 0 aromatic heterocycles. The Hall–Kier alpha value is -3.15. The smallest absolute Gasteiger partial charge is 0.251 e. The normalized spacial score (nSPS) is 12.6. The van der Waals surface area contributed by atoms with E-state index < -0.39 is 12.1 Å². The minimum absolute atomic E-state index is 0.205. The van der Waals surface area contributed by atoms with E-state index in [1.807, 2.05) is 60.7 Å². The molecule has 3 aromatic rings. The van der Waals surface area contributed by atoms with E-state index in [1.165, 1.54) is 0 Å². The van der Waals surface area contributed by atoms with E-state index in [1.54, 1.807) is 24.3 Å². The van der Waals surface area contributed by atoms with Gasteiger partial charge in [-0.1, -0.05) is 72.3 Å². The van der Waals surface area contributed by atoms with Crippen LogP contribution in [0.2, 0.25) is 5.02 Å². The summed E-state index contributed by atoms with van der Waals surface area (Å²) in [4.78, 5) is 25.8. The predicted molar refractivity (Wildman–Crippen MR) is 122 cm³/mol. The van der Waals surface area contributed by atoms with Crippen LogP contribution < -0.4 is 10.6 Å². The number of rotatable bonds is 9. The largest absolute Gasteiger partial charge is 0.394 e. The third-order valence-electron chi connectivity index (χ3n) is 4.90. The highest BCUT2D eigenvalue weighted by molar-refractivity contribution is 6.30. The SMILES string of the molecule is O=C(N[C@@H](Cc1ccccc1)C(=O)N[C@H](CO)Cc1ccccc1)c1ccc(Cl)cc1. The summed E-state index contributed by atoms with van der Waals surface area (Å²) in [5.74, 6) is -0.711. The van der Waals surface area contributed by atoms with Gasteiger partial charge in [0.15, 0.2) is 0 Å². The molecule has 0 spiro atoms. The Labute approximate surface area is 187 Å². The third kappa shape index (κ3) is 6.95. The molecule has 0 saturated carbocycles. The van der Waals surface area contributed by atoms with E-state index in [2.05, 4.69) is 10.6 Å². The zero-order valence-corrected chi connectivity index (χ0v) is 17.8. The van der Waals surface area contributed by atoms with Crippen molar-refractivity contribution in [1.29, 1.82) is 0 Å². The van der Waals surface area contributed by atoms with Gasteiger partial charge in [0.1, 0.15) is 6.04 Å². The number of carbonyl (C=O) groups excluding carboxylic acids is 2. The third-order valence-corrected chi connectivity index (χ3v) is 5.15. The van der Waals surface area contributed by atoms with Crippen molar-refractivity contribution in [3.05, 3.63) is 107 Å². The van der Waals surface area contributed by atoms with E-state index in [9.17, 15) is 14.7 Å². The Kier molecular flexibility index (Phi) is 8.21. The lowest BCUT2D eigenvalue weighted by Crippen LogP contribution is -2.52. The average Bonchev–Trinajstić information content (AvgIpc) is 2.80. The topological polar surface area (TPSA) is 78.4 Å². The van der Waals surface area contributed by atoms with Gasteiger partial charge in [-0.2, -0.15) is 0 Å². The molecule has 6 heteroatoms. The van der Waals surface area contributed by atoms with Crippen LogP contribution >= 0.6 is 11.6 Å². The quantitative estimate of drug-likeness (QED) is 0.481. The first-order valence-electron chi connectivity index (χ1n) is 10.1. The predicted octanol–water partition coefficient (Wildman–Crippen LogP) is 3.40. The van der Waals surface area contributed by atoms with Crippen molar-refractivity contribution in [2.45, 2.75) is 24.9 Å². The fraction of sp³-hybridized carbons (Fsp3) is 0.200. The van der Waals surface area contributed by atoms with Gasteiger partial charge < -0.3 is 15.7 Å². The molecule has 2 amide bonds. The van der Waals surface area contributed by atoms with Gasteiger partial charge in [0.2, 0.25) is 5.91 Å². The summed E-state index contributed by atoms with van der Waals surface area (Å²) in [5.41, 5.74) is 2.34. The summed E-state index contributed by atoms with van der Waals surface area (Å²) in [5, 5.41) is 16.0. The maximum atomic E-state index is 13.1. The molecule has 3 rings (SSSR count). The van der Waals surface area contributed by atoms with Crippen LogP contribution in [-0.4, -0.2) is 35.6 Å². The molecule has 0 aliphatic rings. The molecule has 0 unspecified atom stereocenters. The van der Waals surface area contributed by atoms with Crippen LogP contribution in [0.1, 0.15) is 21.5 Å². The van der Waals surface area contributed by atoms with Gasteiger partial charge in [0.25, 0.3) is 5.91 Å². The molecule has 160 valence electrons. The fourth-order valence-corrected chi connectivity index (χ4v) is 3.39. The summed E-state index contributed by atoms with van der Waals surface area (Å²) in [7, 11) is 0. The lowest BCUT2D eigenvalue weighted by molar-refractivity contribution is -0.124. The van der Waals surface area contributed by atoms with Gasteiger partial charge in [-0.05, 0) is 41.8 Å². The van der Waals surface area contributed by atoms with Crippen molar-refractivity contribution in [3.8, 4) is 0 Å². The van der Waals surface area contributed by atoms with Crippen molar-refractivity contribution >= 4 is 23.4 Å². The maximum absolute atomic E-state index is 13.1. The number of nitrogens with one attached hydrogen (secondary N) is 2. The number of aliphatic hydroxyl groups is 1. The van der Waals surface area contributed by atoms with Crippen LogP contribution in [-0.2, 0) is 17.6 Å². The molecule has 0 saturated heterocycles. The standard InChI is InChI=1S/C25H25ClN2O3/c26-21-13-11-20(12-14-21)24(30)28-23(16-19-9-5-2-6-10-19)25(31)27-22(17-29)15-18-7-3-1-4-8-18/h1-14,22-23,29H,15-17H2,(H,27,31)(H,28,30)/t22-,23-/m0/s1.